The van der Waals surface area contributed by atoms with Gasteiger partial charge >= 0.3 is 6.09 Å². The number of carbonyl (C=O) groups is 1. The number of methoxy groups -OCH3 is 1. The van der Waals surface area contributed by atoms with Gasteiger partial charge in [-0.3, -0.25) is 4.68 Å². The third-order valence-electron chi connectivity index (χ3n) is 4.71. The number of carbonyl (C=O) groups excluding carboxylic acids is 1. The zero-order valence-corrected chi connectivity index (χ0v) is 20.1. The zero-order valence-electron chi connectivity index (χ0n) is 19.3. The van der Waals surface area contributed by atoms with E-state index in [1.54, 1.807) is 12.5 Å². The van der Waals surface area contributed by atoms with Crippen LogP contribution in [0, 0.1) is 0 Å². The number of nitrogens with one attached hydrogen (secondary N) is 3. The third kappa shape index (κ3) is 6.51. The Morgan fingerprint density at radius 2 is 2.03 bits per heavy atom. The van der Waals surface area contributed by atoms with Crippen molar-refractivity contribution in [2.75, 3.05) is 29.9 Å². The molecule has 0 radical (unpaired) electrons. The number of alkyl carbamates (subject to hydrolysis) is 1. The maximum absolute atomic E-state index is 11.6. The molecule has 0 spiro atoms. The van der Waals surface area contributed by atoms with Gasteiger partial charge in [-0.2, -0.15) is 5.10 Å². The average Bonchev–Trinajstić information content (AvgIpc) is 3.23. The first kappa shape index (κ1) is 24.2. The first-order chi connectivity index (χ1) is 15.8. The molecule has 3 aromatic rings. The molecule has 1 unspecified atom stereocenters. The van der Waals surface area contributed by atoms with Crippen molar-refractivity contribution in [3.8, 4) is 22.5 Å². The number of hydrogen-bond donors (Lipinski definition) is 3. The molecular weight excluding hydrogens is 442 g/mol. The Balaban J connectivity index is 1.91. The largest absolute Gasteiger partial charge is 0.453 e. The van der Waals surface area contributed by atoms with E-state index in [4.69, 9.17) is 5.10 Å². The normalized spacial score (nSPS) is 12.8. The SMILES string of the molecule is COC(=O)N[C@@H](C)CNc1nccc(-c2cn(C(C)C)nc2-c2cccc(NS(C)=O)c2)n1. The van der Waals surface area contributed by atoms with Crippen molar-refractivity contribution in [1.82, 2.24) is 25.1 Å². The van der Waals surface area contributed by atoms with Gasteiger partial charge in [0.25, 0.3) is 0 Å². The second-order valence-electron chi connectivity index (χ2n) is 7.79. The van der Waals surface area contributed by atoms with Gasteiger partial charge in [0, 0.05) is 54.1 Å². The van der Waals surface area contributed by atoms with Gasteiger partial charge in [-0.25, -0.2) is 19.0 Å². The van der Waals surface area contributed by atoms with Gasteiger partial charge in [0.15, 0.2) is 0 Å². The van der Waals surface area contributed by atoms with Crippen LogP contribution in [0.2, 0.25) is 0 Å². The second kappa shape index (κ2) is 10.9. The molecule has 0 fully saturated rings. The molecule has 2 atom stereocenters. The van der Waals surface area contributed by atoms with Crippen molar-refractivity contribution >= 4 is 28.7 Å². The quantitative estimate of drug-likeness (QED) is 0.437. The van der Waals surface area contributed by atoms with E-state index < -0.39 is 17.1 Å². The molecule has 0 aliphatic heterocycles. The van der Waals surface area contributed by atoms with Crippen molar-refractivity contribution in [3.63, 3.8) is 0 Å². The molecule has 33 heavy (non-hydrogen) atoms. The maximum atomic E-state index is 11.6. The molecule has 0 aliphatic rings. The van der Waals surface area contributed by atoms with Crippen LogP contribution in [0.15, 0.2) is 42.7 Å². The minimum Gasteiger partial charge on any atom is -0.453 e. The first-order valence-electron chi connectivity index (χ1n) is 10.5. The van der Waals surface area contributed by atoms with E-state index in [2.05, 4.69) is 43.9 Å². The van der Waals surface area contributed by atoms with Gasteiger partial charge in [-0.1, -0.05) is 12.1 Å². The number of hydrogen-bond acceptors (Lipinski definition) is 7. The Kier molecular flexibility index (Phi) is 7.99. The van der Waals surface area contributed by atoms with E-state index in [0.29, 0.717) is 18.2 Å². The highest BCUT2D eigenvalue weighted by atomic mass is 32.2. The molecule has 3 N–H and O–H groups in total. The molecule has 0 saturated carbocycles. The summed E-state index contributed by atoms with van der Waals surface area (Å²) in [5.74, 6) is 0.436. The maximum Gasteiger partial charge on any atom is 0.407 e. The monoisotopic (exact) mass is 471 g/mol. The Morgan fingerprint density at radius 3 is 2.73 bits per heavy atom. The number of nitrogens with zero attached hydrogens (tertiary/aromatic N) is 4. The summed E-state index contributed by atoms with van der Waals surface area (Å²) in [5.41, 5.74) is 3.95. The van der Waals surface area contributed by atoms with Crippen LogP contribution in [0.25, 0.3) is 22.5 Å². The second-order valence-corrected chi connectivity index (χ2v) is 8.90. The van der Waals surface area contributed by atoms with Gasteiger partial charge in [-0.15, -0.1) is 0 Å². The van der Waals surface area contributed by atoms with Crippen LogP contribution in [0.1, 0.15) is 26.8 Å². The summed E-state index contributed by atoms with van der Waals surface area (Å²) in [6.45, 7) is 6.39. The van der Waals surface area contributed by atoms with E-state index >= 15 is 0 Å². The first-order valence-corrected chi connectivity index (χ1v) is 12.0. The fourth-order valence-corrected chi connectivity index (χ4v) is 3.56. The fourth-order valence-electron chi connectivity index (χ4n) is 3.10. The van der Waals surface area contributed by atoms with E-state index in [1.807, 2.05) is 48.1 Å². The highest BCUT2D eigenvalue weighted by molar-refractivity contribution is 7.85. The summed E-state index contributed by atoms with van der Waals surface area (Å²) < 4.78 is 21.0. The highest BCUT2D eigenvalue weighted by Crippen LogP contribution is 2.32. The van der Waals surface area contributed by atoms with Gasteiger partial charge < -0.3 is 20.1 Å². The lowest BCUT2D eigenvalue weighted by atomic mass is 10.1. The van der Waals surface area contributed by atoms with Gasteiger partial charge in [0.2, 0.25) is 5.95 Å². The predicted octanol–water partition coefficient (Wildman–Crippen LogP) is 3.45. The summed E-state index contributed by atoms with van der Waals surface area (Å²) in [6, 6.07) is 9.44. The molecule has 176 valence electrons. The molecule has 3 rings (SSSR count). The van der Waals surface area contributed by atoms with Crippen molar-refractivity contribution in [2.45, 2.75) is 32.9 Å². The Hall–Kier alpha value is -3.47. The lowest BCUT2D eigenvalue weighted by Gasteiger charge is -2.14. The molecule has 0 aliphatic carbocycles. The van der Waals surface area contributed by atoms with Crippen LogP contribution in [-0.4, -0.2) is 56.0 Å². The van der Waals surface area contributed by atoms with Crippen LogP contribution < -0.4 is 15.4 Å². The van der Waals surface area contributed by atoms with E-state index in [1.165, 1.54) is 7.11 Å². The lowest BCUT2D eigenvalue weighted by molar-refractivity contribution is 0.168. The summed E-state index contributed by atoms with van der Waals surface area (Å²) >= 11 is 0. The molecule has 10 nitrogen and oxygen atoms in total. The minimum atomic E-state index is -1.18. The smallest absolute Gasteiger partial charge is 0.407 e. The number of aromatic nitrogens is 4. The van der Waals surface area contributed by atoms with Crippen molar-refractivity contribution in [3.05, 3.63) is 42.7 Å². The Bertz CT molecular complexity index is 1130. The number of amides is 1. The minimum absolute atomic E-state index is 0.159. The molecule has 2 aromatic heterocycles. The number of anilines is 2. The van der Waals surface area contributed by atoms with Crippen LogP contribution in [0.4, 0.5) is 16.4 Å². The topological polar surface area (TPSA) is 123 Å². The summed E-state index contributed by atoms with van der Waals surface area (Å²) in [5, 5.41) is 10.6. The summed E-state index contributed by atoms with van der Waals surface area (Å²) in [4.78, 5) is 20.3. The van der Waals surface area contributed by atoms with Crippen molar-refractivity contribution in [2.24, 2.45) is 0 Å². The Labute approximate surface area is 195 Å². The standard InChI is InChI=1S/C22H29N7O3S/c1-14(2)29-13-18(20(27-29)16-7-6-8-17(11-16)28-33(5)31)19-9-10-23-21(26-19)24-12-15(3)25-22(30)32-4/h6-11,13-15,28H,12H2,1-5H3,(H,25,30)(H,23,24,26)/t15-,33?/m0/s1. The summed E-state index contributed by atoms with van der Waals surface area (Å²) in [6.07, 6.45) is 4.74. The molecule has 11 heteroatoms. The fraction of sp³-hybridized carbons (Fsp3) is 0.364. The lowest BCUT2D eigenvalue weighted by Crippen LogP contribution is -2.37. The Morgan fingerprint density at radius 1 is 1.24 bits per heavy atom. The molecule has 2 heterocycles. The van der Waals surface area contributed by atoms with Gasteiger partial charge in [-0.05, 0) is 39.0 Å². The van der Waals surface area contributed by atoms with Gasteiger partial charge in [0.05, 0.1) is 12.8 Å². The molecule has 1 aromatic carbocycles. The van der Waals surface area contributed by atoms with Crippen LogP contribution >= 0.6 is 0 Å². The molecular formula is C22H29N7O3S. The van der Waals surface area contributed by atoms with Crippen LogP contribution in [0.3, 0.4) is 0 Å². The molecule has 1 amide bonds. The summed E-state index contributed by atoms with van der Waals surface area (Å²) in [7, 11) is 0.146. The van der Waals surface area contributed by atoms with E-state index in [0.717, 1.165) is 22.5 Å². The zero-order chi connectivity index (χ0) is 24.0. The van der Waals surface area contributed by atoms with Crippen LogP contribution in [0.5, 0.6) is 0 Å². The molecule has 0 bridgehead atoms. The van der Waals surface area contributed by atoms with Gasteiger partial charge in [0.1, 0.15) is 16.7 Å². The highest BCUT2D eigenvalue weighted by Gasteiger charge is 2.17. The number of benzene rings is 1. The van der Waals surface area contributed by atoms with Crippen molar-refractivity contribution < 1.29 is 13.7 Å². The average molecular weight is 472 g/mol. The van der Waals surface area contributed by atoms with Crippen LogP contribution in [-0.2, 0) is 15.7 Å². The van der Waals surface area contributed by atoms with E-state index in [9.17, 15) is 9.00 Å². The van der Waals surface area contributed by atoms with E-state index in [-0.39, 0.29) is 12.1 Å². The number of ether oxygens (including phenoxy) is 1. The van der Waals surface area contributed by atoms with Crippen molar-refractivity contribution in [1.29, 1.82) is 0 Å². The third-order valence-corrected chi connectivity index (χ3v) is 5.23. The molecule has 0 saturated heterocycles. The predicted molar refractivity (Wildman–Crippen MR) is 130 cm³/mol. The number of rotatable bonds is 9.